The van der Waals surface area contributed by atoms with E-state index in [4.69, 9.17) is 0 Å². The molecule has 3 saturated heterocycles. The number of hydrogen-bond acceptors (Lipinski definition) is 5. The van der Waals surface area contributed by atoms with Gasteiger partial charge in [0, 0.05) is 38.3 Å². The third-order valence-electron chi connectivity index (χ3n) is 6.66. The highest BCUT2D eigenvalue weighted by Gasteiger charge is 2.37. The highest BCUT2D eigenvalue weighted by molar-refractivity contribution is 7.89. The van der Waals surface area contributed by atoms with Crippen LogP contribution in [0.4, 0.5) is 0 Å². The average molecular weight is 442 g/mol. The molecule has 0 saturated carbocycles. The molecule has 29 heavy (non-hydrogen) atoms. The van der Waals surface area contributed by atoms with Crippen LogP contribution in [0.5, 0.6) is 0 Å². The maximum atomic E-state index is 13.1. The molecule has 0 aromatic heterocycles. The largest absolute Gasteiger partial charge is 0.298 e. The lowest BCUT2D eigenvalue weighted by molar-refractivity contribution is 0.158. The van der Waals surface area contributed by atoms with Crippen LogP contribution in [0.1, 0.15) is 45.4 Å². The predicted octanol–water partition coefficient (Wildman–Crippen LogP) is 2.11. The number of fused-ring (bicyclic) bond motifs is 1. The number of benzene rings is 1. The van der Waals surface area contributed by atoms with Crippen molar-refractivity contribution in [1.82, 2.24) is 13.5 Å². The zero-order valence-corrected chi connectivity index (χ0v) is 18.7. The summed E-state index contributed by atoms with van der Waals surface area (Å²) in [6, 6.07) is 6.15. The molecular weight excluding hydrogens is 410 g/mol. The third kappa shape index (κ3) is 3.99. The van der Waals surface area contributed by atoms with E-state index in [0.717, 1.165) is 51.6 Å². The summed E-state index contributed by atoms with van der Waals surface area (Å²) in [6.45, 7) is 5.38. The normalized spacial score (nSPS) is 27.8. The van der Waals surface area contributed by atoms with Crippen LogP contribution >= 0.6 is 0 Å². The van der Waals surface area contributed by atoms with Crippen molar-refractivity contribution in [2.75, 3.05) is 32.7 Å². The summed E-state index contributed by atoms with van der Waals surface area (Å²) in [5.41, 5.74) is 0. The number of piperidine rings is 1. The van der Waals surface area contributed by atoms with Crippen LogP contribution in [0.2, 0.25) is 0 Å². The van der Waals surface area contributed by atoms with Gasteiger partial charge in [-0.2, -0.15) is 8.61 Å². The Hall–Kier alpha value is -1.00. The topological polar surface area (TPSA) is 78.0 Å². The molecule has 0 N–H and O–H groups in total. The highest BCUT2D eigenvalue weighted by Crippen LogP contribution is 2.29. The molecule has 0 spiro atoms. The van der Waals surface area contributed by atoms with Gasteiger partial charge in [0.05, 0.1) is 9.79 Å². The molecule has 162 valence electrons. The Morgan fingerprint density at radius 3 is 2.21 bits per heavy atom. The summed E-state index contributed by atoms with van der Waals surface area (Å²) >= 11 is 0. The number of piperazine rings is 1. The van der Waals surface area contributed by atoms with Gasteiger partial charge in [0.2, 0.25) is 20.0 Å². The molecule has 3 aliphatic heterocycles. The van der Waals surface area contributed by atoms with E-state index in [1.54, 1.807) is 8.61 Å². The summed E-state index contributed by atoms with van der Waals surface area (Å²) < 4.78 is 55.5. The van der Waals surface area contributed by atoms with E-state index in [-0.39, 0.29) is 15.8 Å². The van der Waals surface area contributed by atoms with Gasteiger partial charge in [-0.25, -0.2) is 16.8 Å². The molecule has 0 bridgehead atoms. The van der Waals surface area contributed by atoms with Crippen molar-refractivity contribution in [2.45, 2.75) is 67.3 Å². The van der Waals surface area contributed by atoms with Gasteiger partial charge in [0.25, 0.3) is 0 Å². The van der Waals surface area contributed by atoms with E-state index >= 15 is 0 Å². The second kappa shape index (κ2) is 8.26. The Kier molecular flexibility index (Phi) is 6.05. The molecule has 3 fully saturated rings. The van der Waals surface area contributed by atoms with E-state index in [9.17, 15) is 16.8 Å². The summed E-state index contributed by atoms with van der Waals surface area (Å²) in [7, 11) is -7.21. The van der Waals surface area contributed by atoms with Crippen LogP contribution in [0.15, 0.2) is 34.1 Å². The highest BCUT2D eigenvalue weighted by atomic mass is 32.2. The minimum absolute atomic E-state index is 0.0277. The first-order valence-electron chi connectivity index (χ1n) is 10.7. The predicted molar refractivity (Wildman–Crippen MR) is 112 cm³/mol. The smallest absolute Gasteiger partial charge is 0.243 e. The Bertz CT molecular complexity index is 931. The Balaban J connectivity index is 1.54. The van der Waals surface area contributed by atoms with Gasteiger partial charge in [-0.15, -0.1) is 0 Å². The molecule has 0 radical (unpaired) electrons. The summed E-state index contributed by atoms with van der Waals surface area (Å²) in [6.07, 6.45) is 5.76. The number of nitrogens with zero attached hydrogens (tertiary/aromatic N) is 3. The van der Waals surface area contributed by atoms with Crippen molar-refractivity contribution >= 4 is 20.0 Å². The molecule has 2 atom stereocenters. The molecule has 7 nitrogen and oxygen atoms in total. The van der Waals surface area contributed by atoms with Crippen molar-refractivity contribution in [3.05, 3.63) is 24.3 Å². The van der Waals surface area contributed by atoms with Gasteiger partial charge in [-0.05, 0) is 62.9 Å². The van der Waals surface area contributed by atoms with Gasteiger partial charge in [0.1, 0.15) is 0 Å². The second-order valence-electron chi connectivity index (χ2n) is 8.34. The van der Waals surface area contributed by atoms with Gasteiger partial charge < -0.3 is 0 Å². The first kappa shape index (κ1) is 21.2. The Morgan fingerprint density at radius 1 is 0.828 bits per heavy atom. The van der Waals surface area contributed by atoms with Crippen LogP contribution in [0.25, 0.3) is 0 Å². The lowest BCUT2D eigenvalue weighted by Crippen LogP contribution is -2.51. The monoisotopic (exact) mass is 441 g/mol. The lowest BCUT2D eigenvalue weighted by Gasteiger charge is -2.36. The van der Waals surface area contributed by atoms with Crippen molar-refractivity contribution < 1.29 is 16.8 Å². The number of hydrogen-bond donors (Lipinski definition) is 0. The van der Waals surface area contributed by atoms with Gasteiger partial charge >= 0.3 is 0 Å². The molecule has 9 heteroatoms. The van der Waals surface area contributed by atoms with Gasteiger partial charge in [-0.3, -0.25) is 4.90 Å². The Labute approximate surface area is 174 Å². The average Bonchev–Trinajstić information content (AvgIpc) is 3.21. The van der Waals surface area contributed by atoms with Gasteiger partial charge in [0.15, 0.2) is 0 Å². The van der Waals surface area contributed by atoms with Crippen LogP contribution in [0.3, 0.4) is 0 Å². The van der Waals surface area contributed by atoms with Crippen molar-refractivity contribution in [3.63, 3.8) is 0 Å². The van der Waals surface area contributed by atoms with Crippen LogP contribution < -0.4 is 0 Å². The molecular formula is C20H31N3O4S2. The van der Waals surface area contributed by atoms with Crippen LogP contribution in [0, 0.1) is 0 Å². The molecule has 1 aromatic rings. The molecule has 0 aliphatic carbocycles. The van der Waals surface area contributed by atoms with E-state index in [1.807, 2.05) is 6.92 Å². The van der Waals surface area contributed by atoms with E-state index < -0.39 is 20.0 Å². The minimum atomic E-state index is -3.60. The maximum Gasteiger partial charge on any atom is 0.243 e. The van der Waals surface area contributed by atoms with Crippen LogP contribution in [-0.2, 0) is 20.0 Å². The zero-order chi connectivity index (χ0) is 20.6. The molecule has 3 heterocycles. The van der Waals surface area contributed by atoms with Crippen molar-refractivity contribution in [2.24, 2.45) is 0 Å². The number of rotatable bonds is 5. The van der Waals surface area contributed by atoms with Crippen LogP contribution in [-0.4, -0.2) is 75.2 Å². The second-order valence-corrected chi connectivity index (χ2v) is 12.2. The molecule has 1 aromatic carbocycles. The fourth-order valence-corrected chi connectivity index (χ4v) is 8.18. The molecule has 4 rings (SSSR count). The standard InChI is InChI=1S/C20H31N3O4S2/c1-2-17-6-3-4-13-23(17)29(26,27)20-10-8-19(9-11-20)28(24,25)22-15-14-21-12-5-7-18(21)16-22/h8-11,17-18H,2-7,12-16H2,1H3. The quantitative estimate of drug-likeness (QED) is 0.699. The zero-order valence-electron chi connectivity index (χ0n) is 17.0. The Morgan fingerprint density at radius 2 is 1.52 bits per heavy atom. The van der Waals surface area contributed by atoms with E-state index in [0.29, 0.717) is 25.7 Å². The van der Waals surface area contributed by atoms with Gasteiger partial charge in [-0.1, -0.05) is 13.3 Å². The number of sulfonamides is 2. The summed E-state index contributed by atoms with van der Waals surface area (Å²) in [4.78, 5) is 2.72. The fraction of sp³-hybridized carbons (Fsp3) is 0.700. The summed E-state index contributed by atoms with van der Waals surface area (Å²) in [5, 5.41) is 0. The molecule has 2 unspecified atom stereocenters. The maximum absolute atomic E-state index is 13.1. The first-order chi connectivity index (χ1) is 13.8. The first-order valence-corrected chi connectivity index (χ1v) is 13.6. The lowest BCUT2D eigenvalue weighted by atomic mass is 10.0. The summed E-state index contributed by atoms with van der Waals surface area (Å²) in [5.74, 6) is 0. The van der Waals surface area contributed by atoms with Crippen molar-refractivity contribution in [1.29, 1.82) is 0 Å². The van der Waals surface area contributed by atoms with Crippen molar-refractivity contribution in [3.8, 4) is 0 Å². The van der Waals surface area contributed by atoms with E-state index in [2.05, 4.69) is 4.90 Å². The molecule has 3 aliphatic rings. The fourth-order valence-electron chi connectivity index (χ4n) is 4.95. The SMILES string of the molecule is CCC1CCCCN1S(=O)(=O)c1ccc(S(=O)(=O)N2CCN3CCCC3C2)cc1. The molecule has 0 amide bonds. The minimum Gasteiger partial charge on any atom is -0.298 e. The third-order valence-corrected chi connectivity index (χ3v) is 10.5. The van der Waals surface area contributed by atoms with E-state index in [1.165, 1.54) is 24.3 Å².